The Morgan fingerprint density at radius 2 is 1.70 bits per heavy atom. The summed E-state index contributed by atoms with van der Waals surface area (Å²) in [5.41, 5.74) is 2.90. The van der Waals surface area contributed by atoms with Gasteiger partial charge in [-0.1, -0.05) is 24.3 Å². The molecule has 1 amide bonds. The predicted molar refractivity (Wildman–Crippen MR) is 119 cm³/mol. The zero-order valence-corrected chi connectivity index (χ0v) is 18.7. The van der Waals surface area contributed by atoms with Crippen LogP contribution < -0.4 is 10.1 Å². The number of benzene rings is 2. The van der Waals surface area contributed by atoms with Crippen LogP contribution in [-0.4, -0.2) is 31.7 Å². The van der Waals surface area contributed by atoms with Crippen molar-refractivity contribution in [2.45, 2.75) is 32.2 Å². The maximum absolute atomic E-state index is 12.4. The molecule has 30 heavy (non-hydrogen) atoms. The zero-order chi connectivity index (χ0) is 21.7. The molecule has 2 aromatic carbocycles. The van der Waals surface area contributed by atoms with Gasteiger partial charge < -0.3 is 10.1 Å². The van der Waals surface area contributed by atoms with Gasteiger partial charge >= 0.3 is 0 Å². The fourth-order valence-electron chi connectivity index (χ4n) is 2.79. The number of thiazole rings is 1. The Balaban J connectivity index is 1.58. The van der Waals surface area contributed by atoms with Crippen LogP contribution >= 0.6 is 11.3 Å². The van der Waals surface area contributed by atoms with E-state index in [9.17, 15) is 13.2 Å². The summed E-state index contributed by atoms with van der Waals surface area (Å²) in [5, 5.41) is 5.35. The average Bonchev–Trinajstić information content (AvgIpc) is 3.16. The topological polar surface area (TPSA) is 85.4 Å². The zero-order valence-electron chi connectivity index (χ0n) is 17.1. The number of carbonyl (C=O) groups is 1. The summed E-state index contributed by atoms with van der Waals surface area (Å²) in [6.45, 7) is 4.29. The molecule has 0 bridgehead atoms. The molecule has 0 saturated carbocycles. The molecule has 1 heterocycles. The first kappa shape index (κ1) is 22.0. The van der Waals surface area contributed by atoms with Crippen LogP contribution in [0, 0.1) is 0 Å². The molecule has 0 radical (unpaired) electrons. The Hall–Kier alpha value is -2.71. The second-order valence-corrected chi connectivity index (χ2v) is 10.3. The van der Waals surface area contributed by atoms with E-state index in [1.807, 2.05) is 50.2 Å². The standard InChI is InChI=1S/C22H24N2O4S2/c1-15(2)28-19-10-8-18(9-11-19)22-24-20(13-29-22)21(25)23-12-16-4-6-17(7-5-16)14-30(3,26)27/h4-11,13,15H,12,14H2,1-3H3,(H,23,25). The highest BCUT2D eigenvalue weighted by molar-refractivity contribution is 7.89. The van der Waals surface area contributed by atoms with Crippen LogP contribution in [0.5, 0.6) is 5.75 Å². The molecule has 1 N–H and O–H groups in total. The Morgan fingerprint density at radius 1 is 1.07 bits per heavy atom. The van der Waals surface area contributed by atoms with Crippen molar-refractivity contribution in [2.24, 2.45) is 0 Å². The lowest BCUT2D eigenvalue weighted by molar-refractivity contribution is 0.0946. The quantitative estimate of drug-likeness (QED) is 0.566. The summed E-state index contributed by atoms with van der Waals surface area (Å²) in [5.74, 6) is 0.550. The second kappa shape index (κ2) is 9.40. The van der Waals surface area contributed by atoms with Gasteiger partial charge in [0.2, 0.25) is 0 Å². The fourth-order valence-corrected chi connectivity index (χ4v) is 4.39. The highest BCUT2D eigenvalue weighted by Gasteiger charge is 2.12. The van der Waals surface area contributed by atoms with Gasteiger partial charge in [0, 0.05) is 23.7 Å². The normalized spacial score (nSPS) is 11.5. The average molecular weight is 445 g/mol. The molecular weight excluding hydrogens is 420 g/mol. The van der Waals surface area contributed by atoms with Crippen LogP contribution in [-0.2, 0) is 22.1 Å². The van der Waals surface area contributed by atoms with Crippen molar-refractivity contribution in [2.75, 3.05) is 6.26 Å². The van der Waals surface area contributed by atoms with Crippen LogP contribution in [0.1, 0.15) is 35.5 Å². The van der Waals surface area contributed by atoms with Gasteiger partial charge in [-0.3, -0.25) is 4.79 Å². The molecule has 8 heteroatoms. The van der Waals surface area contributed by atoms with E-state index in [0.29, 0.717) is 12.2 Å². The van der Waals surface area contributed by atoms with E-state index >= 15 is 0 Å². The molecule has 3 aromatic rings. The Kier molecular flexibility index (Phi) is 6.89. The third kappa shape index (κ3) is 6.40. The lowest BCUT2D eigenvalue weighted by atomic mass is 10.1. The number of ether oxygens (including phenoxy) is 1. The third-order valence-corrected chi connectivity index (χ3v) is 5.86. The van der Waals surface area contributed by atoms with Crippen LogP contribution in [0.15, 0.2) is 53.9 Å². The molecule has 0 aliphatic carbocycles. The highest BCUT2D eigenvalue weighted by atomic mass is 32.2. The summed E-state index contributed by atoms with van der Waals surface area (Å²) in [6.07, 6.45) is 1.32. The molecule has 0 unspecified atom stereocenters. The summed E-state index contributed by atoms with van der Waals surface area (Å²) < 4.78 is 28.3. The van der Waals surface area contributed by atoms with E-state index < -0.39 is 9.84 Å². The van der Waals surface area contributed by atoms with Crippen molar-refractivity contribution in [1.29, 1.82) is 0 Å². The minimum atomic E-state index is -3.06. The van der Waals surface area contributed by atoms with Gasteiger partial charge in [-0.25, -0.2) is 13.4 Å². The van der Waals surface area contributed by atoms with E-state index in [4.69, 9.17) is 4.74 Å². The van der Waals surface area contributed by atoms with Gasteiger partial charge in [-0.05, 0) is 49.2 Å². The molecular formula is C22H24N2O4S2. The lowest BCUT2D eigenvalue weighted by Gasteiger charge is -2.09. The van der Waals surface area contributed by atoms with Gasteiger partial charge in [0.15, 0.2) is 9.84 Å². The van der Waals surface area contributed by atoms with E-state index in [1.165, 1.54) is 17.6 Å². The van der Waals surface area contributed by atoms with Gasteiger partial charge in [0.1, 0.15) is 16.5 Å². The number of sulfone groups is 1. The monoisotopic (exact) mass is 444 g/mol. The minimum absolute atomic E-state index is 0.00577. The number of nitrogens with zero attached hydrogens (tertiary/aromatic N) is 1. The predicted octanol–water partition coefficient (Wildman–Crippen LogP) is 4.07. The number of amides is 1. The molecule has 0 spiro atoms. The molecule has 0 aliphatic heterocycles. The van der Waals surface area contributed by atoms with Crippen LogP contribution in [0.3, 0.4) is 0 Å². The summed E-state index contributed by atoms with van der Waals surface area (Å²) >= 11 is 1.41. The van der Waals surface area contributed by atoms with E-state index in [2.05, 4.69) is 10.3 Å². The number of hydrogen-bond acceptors (Lipinski definition) is 6. The number of aromatic nitrogens is 1. The molecule has 158 valence electrons. The lowest BCUT2D eigenvalue weighted by Crippen LogP contribution is -2.23. The highest BCUT2D eigenvalue weighted by Crippen LogP contribution is 2.26. The summed E-state index contributed by atoms with van der Waals surface area (Å²) in [6, 6.07) is 14.8. The molecule has 0 saturated heterocycles. The van der Waals surface area contributed by atoms with Gasteiger partial charge in [-0.2, -0.15) is 0 Å². The van der Waals surface area contributed by atoms with Crippen LogP contribution in [0.2, 0.25) is 0 Å². The first-order chi connectivity index (χ1) is 14.2. The maximum Gasteiger partial charge on any atom is 0.271 e. The van der Waals surface area contributed by atoms with Crippen LogP contribution in [0.4, 0.5) is 0 Å². The SMILES string of the molecule is CC(C)Oc1ccc(-c2nc(C(=O)NCc3ccc(CS(C)(=O)=O)cc3)cs2)cc1. The molecule has 0 aliphatic rings. The summed E-state index contributed by atoms with van der Waals surface area (Å²) in [4.78, 5) is 16.9. The number of carbonyl (C=O) groups excluding carboxylic acids is 1. The maximum atomic E-state index is 12.4. The Labute approximate surface area is 180 Å². The minimum Gasteiger partial charge on any atom is -0.491 e. The van der Waals surface area contributed by atoms with Crippen molar-refractivity contribution in [3.05, 3.63) is 70.7 Å². The second-order valence-electron chi connectivity index (χ2n) is 7.30. The van der Waals surface area contributed by atoms with E-state index in [-0.39, 0.29) is 17.8 Å². The fraction of sp³-hybridized carbons (Fsp3) is 0.273. The van der Waals surface area contributed by atoms with Gasteiger partial charge in [-0.15, -0.1) is 11.3 Å². The van der Waals surface area contributed by atoms with Crippen LogP contribution in [0.25, 0.3) is 10.6 Å². The van der Waals surface area contributed by atoms with E-state index in [0.717, 1.165) is 27.4 Å². The number of rotatable bonds is 8. The van der Waals surface area contributed by atoms with Gasteiger partial charge in [0.25, 0.3) is 5.91 Å². The Morgan fingerprint density at radius 3 is 2.30 bits per heavy atom. The first-order valence-electron chi connectivity index (χ1n) is 9.46. The molecule has 1 aromatic heterocycles. The molecule has 6 nitrogen and oxygen atoms in total. The van der Waals surface area contributed by atoms with Crippen molar-refractivity contribution < 1.29 is 17.9 Å². The van der Waals surface area contributed by atoms with Crippen molar-refractivity contribution in [3.63, 3.8) is 0 Å². The van der Waals surface area contributed by atoms with Crippen molar-refractivity contribution in [3.8, 4) is 16.3 Å². The number of nitrogens with one attached hydrogen (secondary N) is 1. The number of hydrogen-bond donors (Lipinski definition) is 1. The van der Waals surface area contributed by atoms with Crippen molar-refractivity contribution in [1.82, 2.24) is 10.3 Å². The molecule has 0 atom stereocenters. The Bertz CT molecular complexity index is 1100. The smallest absolute Gasteiger partial charge is 0.271 e. The first-order valence-corrected chi connectivity index (χ1v) is 12.4. The van der Waals surface area contributed by atoms with E-state index in [1.54, 1.807) is 17.5 Å². The summed E-state index contributed by atoms with van der Waals surface area (Å²) in [7, 11) is -3.06. The third-order valence-electron chi connectivity index (χ3n) is 4.11. The largest absolute Gasteiger partial charge is 0.491 e. The molecule has 3 rings (SSSR count). The van der Waals surface area contributed by atoms with Crippen molar-refractivity contribution >= 4 is 27.1 Å². The van der Waals surface area contributed by atoms with Gasteiger partial charge in [0.05, 0.1) is 11.9 Å². The molecule has 0 fully saturated rings.